The fraction of sp³-hybridized carbons (Fsp3) is 0.769. The lowest BCUT2D eigenvalue weighted by molar-refractivity contribution is -0.558. The Hall–Kier alpha value is -2.51. The Morgan fingerprint density at radius 2 is 1.05 bits per heavy atom. The zero-order chi connectivity index (χ0) is 39.5. The van der Waals surface area contributed by atoms with Crippen molar-refractivity contribution in [1.29, 1.82) is 0 Å². The summed E-state index contributed by atoms with van der Waals surface area (Å²) < 4.78 is 123. The quantitative estimate of drug-likeness (QED) is 0.188. The molecule has 11 rings (SSSR count). The summed E-state index contributed by atoms with van der Waals surface area (Å²) in [5.74, 6) is -6.23. The standard InChI is InChI=1S/C39H47F6NO10/c1-20-8-10-28-24(30(38(40,41)42)49-32-36(28)26(20)12-14-34(3,51-32)53-55-36)18-47-16-22-6-5-7-23(46-22)17-48-19-25-29-11-9-21(2)27-13-15-35(4)52-33(37(27,29)56-54-35)50-31(25)39(43,44)45/h5-7,20-21,26-29,32-33H,8-19H2,1-4H3/t20-,21-,26+,27+,28+,29+,32-,33-,34?,35?,36-,37-/m1/s1. The molecule has 1 aromatic rings. The molecule has 8 fully saturated rings. The first-order valence-corrected chi connectivity index (χ1v) is 19.6. The van der Waals surface area contributed by atoms with Crippen molar-refractivity contribution in [3.8, 4) is 0 Å². The van der Waals surface area contributed by atoms with Gasteiger partial charge in [-0.05, 0) is 76.3 Å². The third-order valence-electron chi connectivity index (χ3n) is 13.7. The smallest absolute Gasteiger partial charge is 0.449 e. The lowest BCUT2D eigenvalue weighted by Crippen LogP contribution is -2.67. The van der Waals surface area contributed by atoms with Gasteiger partial charge in [-0.3, -0.25) is 4.98 Å². The highest BCUT2D eigenvalue weighted by molar-refractivity contribution is 5.30. The third-order valence-corrected chi connectivity index (χ3v) is 13.7. The number of nitrogens with zero attached hydrogens (tertiary/aromatic N) is 1. The van der Waals surface area contributed by atoms with Crippen LogP contribution in [0.3, 0.4) is 0 Å². The largest absolute Gasteiger partial charge is 0.456 e. The van der Waals surface area contributed by atoms with E-state index in [2.05, 4.69) is 18.8 Å². The van der Waals surface area contributed by atoms with Gasteiger partial charge in [0.1, 0.15) is 0 Å². The molecule has 1 aromatic heterocycles. The second-order valence-corrected chi connectivity index (χ2v) is 17.3. The minimum absolute atomic E-state index is 0.0663. The molecule has 11 nitrogen and oxygen atoms in total. The van der Waals surface area contributed by atoms with Crippen molar-refractivity contribution in [3.63, 3.8) is 0 Å². The predicted octanol–water partition coefficient (Wildman–Crippen LogP) is 8.24. The van der Waals surface area contributed by atoms with Crippen LogP contribution in [0.4, 0.5) is 26.3 Å². The maximum absolute atomic E-state index is 14.6. The maximum atomic E-state index is 14.6. The van der Waals surface area contributed by atoms with Crippen molar-refractivity contribution in [1.82, 2.24) is 4.98 Å². The van der Waals surface area contributed by atoms with Crippen molar-refractivity contribution >= 4 is 0 Å². The lowest BCUT2D eigenvalue weighted by atomic mass is 9.59. The van der Waals surface area contributed by atoms with Crippen LogP contribution < -0.4 is 0 Å². The fourth-order valence-electron chi connectivity index (χ4n) is 11.0. The summed E-state index contributed by atoms with van der Waals surface area (Å²) in [6, 6.07) is 4.96. The number of rotatable bonds is 8. The Morgan fingerprint density at radius 3 is 1.46 bits per heavy atom. The normalized spacial score (nSPS) is 43.0. The van der Waals surface area contributed by atoms with E-state index in [4.69, 9.17) is 48.0 Å². The van der Waals surface area contributed by atoms with Crippen molar-refractivity contribution in [2.45, 2.75) is 140 Å². The zero-order valence-corrected chi connectivity index (χ0v) is 31.6. The second-order valence-electron chi connectivity index (χ2n) is 17.3. The second kappa shape index (κ2) is 13.5. The molecular formula is C39H47F6NO10. The number of hydrogen-bond acceptors (Lipinski definition) is 11. The van der Waals surface area contributed by atoms with Crippen LogP contribution in [0.1, 0.15) is 90.4 Å². The maximum Gasteiger partial charge on any atom is 0.449 e. The van der Waals surface area contributed by atoms with Crippen LogP contribution in [-0.2, 0) is 61.2 Å². The summed E-state index contributed by atoms with van der Waals surface area (Å²) in [6.07, 6.45) is -7.88. The summed E-state index contributed by atoms with van der Waals surface area (Å²) in [5, 5.41) is 0. The molecular weight excluding hydrogens is 756 g/mol. The molecule has 0 amide bonds. The van der Waals surface area contributed by atoms with E-state index in [-0.39, 0.29) is 48.0 Å². The Balaban J connectivity index is 0.906. The van der Waals surface area contributed by atoms with E-state index in [1.807, 2.05) is 0 Å². The Kier molecular flexibility index (Phi) is 9.40. The first kappa shape index (κ1) is 39.0. The number of halogens is 6. The summed E-state index contributed by atoms with van der Waals surface area (Å²) in [5.41, 5.74) is -1.88. The molecule has 10 aliphatic rings. The van der Waals surface area contributed by atoms with Gasteiger partial charge < -0.3 is 28.4 Å². The van der Waals surface area contributed by atoms with Crippen molar-refractivity contribution in [2.75, 3.05) is 13.2 Å². The molecule has 0 radical (unpaired) electrons. The average molecular weight is 804 g/mol. The number of alkyl halides is 6. The molecule has 56 heavy (non-hydrogen) atoms. The van der Waals surface area contributed by atoms with E-state index in [0.717, 1.165) is 0 Å². The number of ether oxygens (including phenoxy) is 6. The molecule has 9 heterocycles. The van der Waals surface area contributed by atoms with E-state index in [1.54, 1.807) is 32.0 Å². The van der Waals surface area contributed by atoms with E-state index in [9.17, 15) is 26.3 Å². The Bertz CT molecular complexity index is 1650. The van der Waals surface area contributed by atoms with E-state index >= 15 is 0 Å². The van der Waals surface area contributed by atoms with Gasteiger partial charge in [-0.25, -0.2) is 19.6 Å². The van der Waals surface area contributed by atoms with Crippen LogP contribution in [0.25, 0.3) is 0 Å². The van der Waals surface area contributed by atoms with Gasteiger partial charge in [0.2, 0.25) is 35.7 Å². The number of allylic oxidation sites excluding steroid dienone is 2. The molecule has 310 valence electrons. The number of pyridine rings is 1. The van der Waals surface area contributed by atoms with Crippen LogP contribution in [0.15, 0.2) is 40.9 Å². The number of hydrogen-bond donors (Lipinski definition) is 0. The molecule has 4 bridgehead atoms. The minimum atomic E-state index is -4.81. The van der Waals surface area contributed by atoms with Crippen LogP contribution in [-0.4, -0.2) is 65.9 Å². The number of aromatic nitrogens is 1. The van der Waals surface area contributed by atoms with Crippen LogP contribution in [0.2, 0.25) is 0 Å². The summed E-state index contributed by atoms with van der Waals surface area (Å²) in [6.45, 7) is 6.28. The molecule has 2 saturated carbocycles. The monoisotopic (exact) mass is 803 g/mol. The zero-order valence-electron chi connectivity index (χ0n) is 31.6. The highest BCUT2D eigenvalue weighted by atomic mass is 19.4. The lowest BCUT2D eigenvalue weighted by Gasteiger charge is -2.57. The van der Waals surface area contributed by atoms with Gasteiger partial charge in [-0.15, -0.1) is 0 Å². The van der Waals surface area contributed by atoms with Crippen molar-refractivity contribution < 1.29 is 74.3 Å². The highest BCUT2D eigenvalue weighted by Crippen LogP contribution is 2.63. The van der Waals surface area contributed by atoms with E-state index in [0.29, 0.717) is 62.8 Å². The van der Waals surface area contributed by atoms with Gasteiger partial charge in [0.25, 0.3) is 0 Å². The first-order valence-electron chi connectivity index (χ1n) is 19.6. The van der Waals surface area contributed by atoms with Gasteiger partial charge in [0.15, 0.2) is 11.2 Å². The predicted molar refractivity (Wildman–Crippen MR) is 177 cm³/mol. The van der Waals surface area contributed by atoms with Crippen LogP contribution in [0.5, 0.6) is 0 Å². The molecule has 0 aromatic carbocycles. The minimum Gasteiger partial charge on any atom is -0.456 e. The van der Waals surface area contributed by atoms with Gasteiger partial charge in [0.05, 0.1) is 37.8 Å². The van der Waals surface area contributed by atoms with Crippen LogP contribution in [0, 0.1) is 35.5 Å². The summed E-state index contributed by atoms with van der Waals surface area (Å²) >= 11 is 0. The van der Waals surface area contributed by atoms with Gasteiger partial charge >= 0.3 is 12.4 Å². The van der Waals surface area contributed by atoms with Crippen LogP contribution >= 0.6 is 0 Å². The van der Waals surface area contributed by atoms with Crippen molar-refractivity contribution in [3.05, 3.63) is 52.3 Å². The molecule has 0 N–H and O–H groups in total. The topological polar surface area (TPSA) is 105 Å². The van der Waals surface area contributed by atoms with Crippen molar-refractivity contribution in [2.24, 2.45) is 35.5 Å². The molecule has 2 aliphatic carbocycles. The highest BCUT2D eigenvalue weighted by Gasteiger charge is 2.72. The average Bonchev–Trinajstić information content (AvgIpc) is 3.51. The molecule has 17 heteroatoms. The number of fused-ring (bicyclic) bond motifs is 4. The van der Waals surface area contributed by atoms with E-state index in [1.165, 1.54) is 0 Å². The molecule has 8 aliphatic heterocycles. The molecule has 12 atom stereocenters. The first-order chi connectivity index (χ1) is 26.5. The molecule has 2 unspecified atom stereocenters. The third kappa shape index (κ3) is 6.20. The SMILES string of the molecule is C[C@@H]1CC[C@H]2C(COCc3cccc(COCC4=C(C(F)(F)F)O[C@@H]5OC6(C)CC[C@H]7[C@H](C)CC[C@@H]4[C@@]57OO6)n3)=C(C(F)(F)F)O[C@@H]3OC4(C)CC[C@@H]1[C@]32OO4. The Labute approximate surface area is 320 Å². The van der Waals surface area contributed by atoms with Gasteiger partial charge in [-0.2, -0.15) is 26.3 Å². The fourth-order valence-corrected chi connectivity index (χ4v) is 11.0. The van der Waals surface area contributed by atoms with Gasteiger partial charge in [-0.1, -0.05) is 19.9 Å². The Morgan fingerprint density at radius 1 is 0.625 bits per heavy atom. The summed E-state index contributed by atoms with van der Waals surface area (Å²) in [7, 11) is 0. The molecule has 2 spiro atoms. The summed E-state index contributed by atoms with van der Waals surface area (Å²) in [4.78, 5) is 28.1. The molecule has 6 saturated heterocycles. The van der Waals surface area contributed by atoms with Gasteiger partial charge in [0, 0.05) is 47.7 Å². The van der Waals surface area contributed by atoms with E-state index < -0.39 is 84.3 Å².